The predicted octanol–water partition coefficient (Wildman–Crippen LogP) is 2.64. The number of thiophene rings is 1. The van der Waals surface area contributed by atoms with E-state index >= 15 is 0 Å². The fourth-order valence-corrected chi connectivity index (χ4v) is 3.63. The average Bonchev–Trinajstić information content (AvgIpc) is 2.43. The zero-order chi connectivity index (χ0) is 12.7. The van der Waals surface area contributed by atoms with Gasteiger partial charge in [0.05, 0.1) is 14.6 Å². The van der Waals surface area contributed by atoms with Crippen molar-refractivity contribution in [3.8, 4) is 0 Å². The molecule has 0 saturated heterocycles. The standard InChI is InChI=1S/C10H16BrNO2S2/c1-6-5-7(15-9(6)11)8(12)10(2,3)16(4,13)14/h5,8H,12H2,1-4H3. The highest BCUT2D eigenvalue weighted by Gasteiger charge is 2.38. The van der Waals surface area contributed by atoms with E-state index < -0.39 is 20.6 Å². The van der Waals surface area contributed by atoms with Gasteiger partial charge >= 0.3 is 0 Å². The van der Waals surface area contributed by atoms with Crippen LogP contribution in [0.15, 0.2) is 9.85 Å². The number of hydrogen-bond acceptors (Lipinski definition) is 4. The number of aryl methyl sites for hydroxylation is 1. The summed E-state index contributed by atoms with van der Waals surface area (Å²) in [6.45, 7) is 5.29. The Kier molecular flexibility index (Phi) is 3.89. The van der Waals surface area contributed by atoms with Gasteiger partial charge in [0.2, 0.25) is 0 Å². The molecule has 92 valence electrons. The fraction of sp³-hybridized carbons (Fsp3) is 0.600. The molecule has 0 aliphatic heterocycles. The van der Waals surface area contributed by atoms with Crippen LogP contribution in [0.25, 0.3) is 0 Å². The zero-order valence-corrected chi connectivity index (χ0v) is 13.0. The van der Waals surface area contributed by atoms with Crippen LogP contribution in [0, 0.1) is 6.92 Å². The number of rotatable bonds is 3. The maximum atomic E-state index is 11.7. The van der Waals surface area contributed by atoms with E-state index in [1.165, 1.54) is 17.6 Å². The van der Waals surface area contributed by atoms with E-state index in [4.69, 9.17) is 5.73 Å². The van der Waals surface area contributed by atoms with Gasteiger partial charge in [-0.3, -0.25) is 0 Å². The van der Waals surface area contributed by atoms with Crippen LogP contribution in [0.2, 0.25) is 0 Å². The van der Waals surface area contributed by atoms with Crippen molar-refractivity contribution in [1.82, 2.24) is 0 Å². The summed E-state index contributed by atoms with van der Waals surface area (Å²) in [7, 11) is -3.19. The number of halogens is 1. The van der Waals surface area contributed by atoms with E-state index in [2.05, 4.69) is 15.9 Å². The maximum Gasteiger partial charge on any atom is 0.154 e. The molecule has 3 nitrogen and oxygen atoms in total. The number of hydrogen-bond donors (Lipinski definition) is 1. The lowest BCUT2D eigenvalue weighted by atomic mass is 10.0. The monoisotopic (exact) mass is 325 g/mol. The third-order valence-corrected chi connectivity index (χ3v) is 7.27. The van der Waals surface area contributed by atoms with Crippen molar-refractivity contribution in [3.05, 3.63) is 20.3 Å². The van der Waals surface area contributed by atoms with Crippen LogP contribution in [0.4, 0.5) is 0 Å². The lowest BCUT2D eigenvalue weighted by molar-refractivity contribution is 0.501. The Bertz CT molecular complexity index is 471. The fourth-order valence-electron chi connectivity index (χ4n) is 1.21. The first-order valence-corrected chi connectivity index (χ1v) is 8.28. The van der Waals surface area contributed by atoms with Crippen LogP contribution in [0.5, 0.6) is 0 Å². The Morgan fingerprint density at radius 3 is 2.31 bits per heavy atom. The van der Waals surface area contributed by atoms with Gasteiger partial charge in [-0.15, -0.1) is 11.3 Å². The van der Waals surface area contributed by atoms with E-state index in [0.717, 1.165) is 14.2 Å². The van der Waals surface area contributed by atoms with E-state index in [1.807, 2.05) is 13.0 Å². The largest absolute Gasteiger partial charge is 0.322 e. The molecule has 1 aromatic rings. The van der Waals surface area contributed by atoms with E-state index in [0.29, 0.717) is 0 Å². The minimum atomic E-state index is -3.19. The van der Waals surface area contributed by atoms with E-state index in [1.54, 1.807) is 13.8 Å². The molecular weight excluding hydrogens is 310 g/mol. The highest BCUT2D eigenvalue weighted by Crippen LogP contribution is 2.37. The quantitative estimate of drug-likeness (QED) is 0.929. The molecule has 16 heavy (non-hydrogen) atoms. The lowest BCUT2D eigenvalue weighted by Gasteiger charge is -2.28. The predicted molar refractivity (Wildman–Crippen MR) is 72.6 cm³/mol. The Morgan fingerprint density at radius 2 is 2.00 bits per heavy atom. The van der Waals surface area contributed by atoms with Crippen LogP contribution in [0.3, 0.4) is 0 Å². The summed E-state index contributed by atoms with van der Waals surface area (Å²) < 4.78 is 23.4. The minimum Gasteiger partial charge on any atom is -0.322 e. The van der Waals surface area contributed by atoms with Crippen LogP contribution in [0.1, 0.15) is 30.3 Å². The summed E-state index contributed by atoms with van der Waals surface area (Å²) in [6.07, 6.45) is 1.22. The molecule has 2 N–H and O–H groups in total. The summed E-state index contributed by atoms with van der Waals surface area (Å²) >= 11 is 4.91. The van der Waals surface area contributed by atoms with Gasteiger partial charge in [-0.05, 0) is 48.3 Å². The molecule has 0 spiro atoms. The summed E-state index contributed by atoms with van der Waals surface area (Å²) in [4.78, 5) is 0.889. The van der Waals surface area contributed by atoms with Gasteiger partial charge in [-0.25, -0.2) is 8.42 Å². The van der Waals surface area contributed by atoms with Gasteiger partial charge in [-0.2, -0.15) is 0 Å². The second-order valence-electron chi connectivity index (χ2n) is 4.46. The van der Waals surface area contributed by atoms with Crippen molar-refractivity contribution >= 4 is 37.1 Å². The second-order valence-corrected chi connectivity index (χ2v) is 9.46. The summed E-state index contributed by atoms with van der Waals surface area (Å²) in [5, 5.41) is 0. The van der Waals surface area contributed by atoms with Crippen LogP contribution < -0.4 is 5.73 Å². The van der Waals surface area contributed by atoms with Gasteiger partial charge in [0, 0.05) is 11.1 Å². The molecule has 6 heteroatoms. The summed E-state index contributed by atoms with van der Waals surface area (Å²) in [6, 6.07) is 1.43. The van der Waals surface area contributed by atoms with Crippen molar-refractivity contribution in [1.29, 1.82) is 0 Å². The molecule has 0 saturated carbocycles. The molecule has 1 heterocycles. The van der Waals surface area contributed by atoms with Crippen LogP contribution in [-0.4, -0.2) is 19.4 Å². The van der Waals surface area contributed by atoms with Gasteiger partial charge in [0.1, 0.15) is 0 Å². The highest BCUT2D eigenvalue weighted by atomic mass is 79.9. The van der Waals surface area contributed by atoms with Gasteiger partial charge in [0.25, 0.3) is 0 Å². The Morgan fingerprint density at radius 1 is 1.50 bits per heavy atom. The molecule has 1 atom stereocenters. The minimum absolute atomic E-state index is 0.502. The van der Waals surface area contributed by atoms with Gasteiger partial charge in [-0.1, -0.05) is 0 Å². The average molecular weight is 326 g/mol. The molecule has 0 aliphatic carbocycles. The smallest absolute Gasteiger partial charge is 0.154 e. The molecular formula is C10H16BrNO2S2. The van der Waals surface area contributed by atoms with Crippen molar-refractivity contribution in [2.24, 2.45) is 5.73 Å². The van der Waals surface area contributed by atoms with Crippen LogP contribution in [-0.2, 0) is 9.84 Å². The first-order chi connectivity index (χ1) is 7.07. The second kappa shape index (κ2) is 4.40. The third-order valence-electron chi connectivity index (χ3n) is 2.89. The number of nitrogens with two attached hydrogens (primary N) is 1. The Labute approximate surface area is 109 Å². The normalized spacial score (nSPS) is 15.1. The molecule has 1 unspecified atom stereocenters. The summed E-state index contributed by atoms with van der Waals surface area (Å²) in [5.74, 6) is 0. The van der Waals surface area contributed by atoms with Crippen molar-refractivity contribution in [2.45, 2.75) is 31.6 Å². The first kappa shape index (κ1) is 14.2. The van der Waals surface area contributed by atoms with Crippen molar-refractivity contribution < 1.29 is 8.42 Å². The van der Waals surface area contributed by atoms with Crippen molar-refractivity contribution in [3.63, 3.8) is 0 Å². The SMILES string of the molecule is Cc1cc(C(N)C(C)(C)S(C)(=O)=O)sc1Br. The topological polar surface area (TPSA) is 60.2 Å². The van der Waals surface area contributed by atoms with Gasteiger partial charge < -0.3 is 5.73 Å². The molecule has 0 aromatic carbocycles. The maximum absolute atomic E-state index is 11.7. The molecule has 0 aliphatic rings. The molecule has 0 radical (unpaired) electrons. The van der Waals surface area contributed by atoms with Crippen LogP contribution >= 0.6 is 27.3 Å². The lowest BCUT2D eigenvalue weighted by Crippen LogP contribution is -2.41. The zero-order valence-electron chi connectivity index (χ0n) is 9.74. The van der Waals surface area contributed by atoms with Gasteiger partial charge in [0.15, 0.2) is 9.84 Å². The molecule has 0 fully saturated rings. The van der Waals surface area contributed by atoms with E-state index in [-0.39, 0.29) is 0 Å². The first-order valence-electron chi connectivity index (χ1n) is 4.78. The third kappa shape index (κ3) is 2.50. The Hall–Kier alpha value is 0.0900. The van der Waals surface area contributed by atoms with Crippen molar-refractivity contribution in [2.75, 3.05) is 6.26 Å². The number of sulfone groups is 1. The molecule has 0 amide bonds. The van der Waals surface area contributed by atoms with E-state index in [9.17, 15) is 8.42 Å². The molecule has 1 rings (SSSR count). The molecule has 1 aromatic heterocycles. The Balaban J connectivity index is 3.17. The molecule has 0 bridgehead atoms. The highest BCUT2D eigenvalue weighted by molar-refractivity contribution is 9.11. The summed E-state index contributed by atoms with van der Waals surface area (Å²) in [5.41, 5.74) is 7.13.